The predicted octanol–water partition coefficient (Wildman–Crippen LogP) is -0.928. The zero-order chi connectivity index (χ0) is 29.9. The number of hydrogen-bond acceptors (Lipinski definition) is 13. The van der Waals surface area contributed by atoms with Crippen molar-refractivity contribution >= 4 is 7.82 Å². The van der Waals surface area contributed by atoms with Gasteiger partial charge in [-0.25, -0.2) is 14.2 Å². The number of hydrogen-bond donors (Lipinski definition) is 4. The highest BCUT2D eigenvalue weighted by atomic mass is 31.2. The first-order valence-electron chi connectivity index (χ1n) is 12.6. The number of H-pyrrole nitrogens is 2. The average molecular weight is 599 g/mol. The first kappa shape index (κ1) is 30.8. The third-order valence-electron chi connectivity index (χ3n) is 6.63. The molecule has 2 saturated heterocycles. The first-order chi connectivity index (χ1) is 19.5. The van der Waals surface area contributed by atoms with E-state index in [1.54, 1.807) is 0 Å². The van der Waals surface area contributed by atoms with E-state index in [9.17, 15) is 34.0 Å². The van der Waals surface area contributed by atoms with Gasteiger partial charge < -0.3 is 19.7 Å². The Morgan fingerprint density at radius 3 is 1.76 bits per heavy atom. The topological polar surface area (TPSA) is 237 Å². The molecule has 4 rings (SSSR count). The van der Waals surface area contributed by atoms with E-state index in [-0.39, 0.29) is 37.0 Å². The molecule has 41 heavy (non-hydrogen) atoms. The number of phosphoric acid groups is 1. The van der Waals surface area contributed by atoms with Crippen molar-refractivity contribution in [3.8, 4) is 6.07 Å². The minimum atomic E-state index is -4.57. The van der Waals surface area contributed by atoms with E-state index in [0.29, 0.717) is 0 Å². The van der Waals surface area contributed by atoms with Gasteiger partial charge in [-0.1, -0.05) is 0 Å². The zero-order valence-corrected chi connectivity index (χ0v) is 23.0. The van der Waals surface area contributed by atoms with Crippen molar-refractivity contribution in [2.75, 3.05) is 19.8 Å². The van der Waals surface area contributed by atoms with E-state index in [2.05, 4.69) is 9.97 Å². The molecule has 0 aromatic carbocycles. The Balaban J connectivity index is 1.56. The monoisotopic (exact) mass is 599 g/mol. The summed E-state index contributed by atoms with van der Waals surface area (Å²) >= 11 is 0. The Morgan fingerprint density at radius 1 is 0.927 bits per heavy atom. The number of rotatable bonds is 11. The fraction of sp³-hybridized carbons (Fsp3) is 0.609. The van der Waals surface area contributed by atoms with Crippen molar-refractivity contribution in [3.63, 3.8) is 0 Å². The summed E-state index contributed by atoms with van der Waals surface area (Å²) in [5.74, 6) is 0. The summed E-state index contributed by atoms with van der Waals surface area (Å²) in [6.45, 7) is 1.43. The number of aromatic amines is 2. The van der Waals surface area contributed by atoms with Gasteiger partial charge in [-0.15, -0.1) is 0 Å². The Hall–Kier alpha value is -3.20. The van der Waals surface area contributed by atoms with Crippen LogP contribution in [0, 0.1) is 25.2 Å². The minimum Gasteiger partial charge on any atom is -0.394 e. The quantitative estimate of drug-likeness (QED) is 0.181. The molecule has 0 amide bonds. The molecular formula is C23H30N5O12P. The number of ether oxygens (including phenoxy) is 2. The molecule has 4 N–H and O–H groups in total. The lowest BCUT2D eigenvalue weighted by molar-refractivity contribution is -0.0593. The lowest BCUT2D eigenvalue weighted by Gasteiger charge is -2.26. The summed E-state index contributed by atoms with van der Waals surface area (Å²) in [6.07, 6.45) is -4.27. The van der Waals surface area contributed by atoms with Gasteiger partial charge in [0.25, 0.3) is 11.1 Å². The summed E-state index contributed by atoms with van der Waals surface area (Å²) < 4.78 is 44.3. The summed E-state index contributed by atoms with van der Waals surface area (Å²) in [6, 6.07) is 1.84. The van der Waals surface area contributed by atoms with Gasteiger partial charge in [0, 0.05) is 36.4 Å². The molecule has 2 aliphatic heterocycles. The SMILES string of the molecule is Cc1cn(C2CC(OP(=O)(OCCC#N)OC3CC(n4cc(C)c(=O)[nH]c4=O)OC3CO)C(CO)O2)c(=O)[nH]c1=O. The highest BCUT2D eigenvalue weighted by Crippen LogP contribution is 2.56. The molecule has 18 heteroatoms. The van der Waals surface area contributed by atoms with E-state index in [0.717, 1.165) is 9.13 Å². The van der Waals surface area contributed by atoms with Crippen LogP contribution in [-0.2, 0) is 27.6 Å². The summed E-state index contributed by atoms with van der Waals surface area (Å²) in [4.78, 5) is 52.5. The number of nitrogens with zero attached hydrogens (tertiary/aromatic N) is 3. The van der Waals surface area contributed by atoms with Crippen LogP contribution in [0.4, 0.5) is 0 Å². The number of nitriles is 1. The number of phosphoric ester groups is 1. The van der Waals surface area contributed by atoms with Crippen LogP contribution in [0.5, 0.6) is 0 Å². The van der Waals surface area contributed by atoms with E-state index < -0.39 is 80.4 Å². The fourth-order valence-corrected chi connectivity index (χ4v) is 6.11. The molecule has 6 atom stereocenters. The average Bonchev–Trinajstić information content (AvgIpc) is 3.51. The van der Waals surface area contributed by atoms with Crippen molar-refractivity contribution < 1.29 is 37.8 Å². The van der Waals surface area contributed by atoms with Gasteiger partial charge >= 0.3 is 19.2 Å². The van der Waals surface area contributed by atoms with Crippen molar-refractivity contribution in [1.82, 2.24) is 19.1 Å². The van der Waals surface area contributed by atoms with E-state index in [1.807, 2.05) is 6.07 Å². The van der Waals surface area contributed by atoms with Crippen molar-refractivity contribution in [2.24, 2.45) is 0 Å². The second kappa shape index (κ2) is 12.8. The predicted molar refractivity (Wildman–Crippen MR) is 137 cm³/mol. The summed E-state index contributed by atoms with van der Waals surface area (Å²) in [5, 5.41) is 28.7. The van der Waals surface area contributed by atoms with Gasteiger partial charge in [0.2, 0.25) is 0 Å². The second-order valence-electron chi connectivity index (χ2n) is 9.53. The Labute approximate surface area is 231 Å². The first-order valence-corrected chi connectivity index (χ1v) is 14.1. The maximum atomic E-state index is 13.9. The molecule has 224 valence electrons. The maximum absolute atomic E-state index is 13.9. The molecule has 4 heterocycles. The molecule has 17 nitrogen and oxygen atoms in total. The number of aryl methyl sites for hydroxylation is 2. The number of aliphatic hydroxyl groups excluding tert-OH is 2. The van der Waals surface area contributed by atoms with Crippen molar-refractivity contribution in [2.45, 2.75) is 70.0 Å². The molecule has 6 unspecified atom stereocenters. The fourth-order valence-electron chi connectivity index (χ4n) is 4.51. The number of nitrogens with one attached hydrogen (secondary N) is 2. The van der Waals surface area contributed by atoms with E-state index >= 15 is 0 Å². The molecule has 2 fully saturated rings. The lowest BCUT2D eigenvalue weighted by Crippen LogP contribution is -2.33. The third-order valence-corrected chi connectivity index (χ3v) is 8.18. The highest BCUT2D eigenvalue weighted by molar-refractivity contribution is 7.48. The normalized spacial score (nSPS) is 27.5. The van der Waals surface area contributed by atoms with Crippen molar-refractivity contribution in [3.05, 3.63) is 65.2 Å². The molecule has 0 radical (unpaired) electrons. The molecule has 2 aromatic heterocycles. The molecule has 0 bridgehead atoms. The van der Waals surface area contributed by atoms with E-state index in [1.165, 1.54) is 26.2 Å². The van der Waals surface area contributed by atoms with Gasteiger partial charge in [-0.3, -0.25) is 42.3 Å². The van der Waals surface area contributed by atoms with Crippen LogP contribution >= 0.6 is 7.82 Å². The zero-order valence-electron chi connectivity index (χ0n) is 22.1. The van der Waals surface area contributed by atoms with Crippen LogP contribution in [0.2, 0.25) is 0 Å². The van der Waals surface area contributed by atoms with Crippen LogP contribution < -0.4 is 22.5 Å². The molecule has 2 aromatic rings. The Kier molecular flexibility index (Phi) is 9.57. The molecule has 0 spiro atoms. The number of aliphatic hydroxyl groups is 2. The Bertz CT molecular complexity index is 1470. The molecular weight excluding hydrogens is 569 g/mol. The molecule has 2 aliphatic rings. The van der Waals surface area contributed by atoms with Crippen LogP contribution in [-0.4, -0.2) is 73.6 Å². The van der Waals surface area contributed by atoms with Gasteiger partial charge in [-0.2, -0.15) is 5.26 Å². The highest BCUT2D eigenvalue weighted by Gasteiger charge is 2.47. The third kappa shape index (κ3) is 6.83. The lowest BCUT2D eigenvalue weighted by atomic mass is 10.2. The van der Waals surface area contributed by atoms with Crippen LogP contribution in [0.1, 0.15) is 42.8 Å². The molecule has 0 saturated carbocycles. The van der Waals surface area contributed by atoms with Gasteiger partial charge in [0.15, 0.2) is 0 Å². The standard InChI is InChI=1S/C23H30N5O12P/c1-12-8-27(22(33)25-20(12)31)18-6-14(16(10-29)37-18)39-41(35,36-5-3-4-24)40-15-7-19(38-17(15)11-30)28-9-13(2)21(32)26-23(28)34/h8-9,14-19,29-30H,3,5-7,10-11H2,1-2H3,(H,25,31,33)(H,26,32,34). The summed E-state index contributed by atoms with van der Waals surface area (Å²) in [7, 11) is -4.57. The van der Waals surface area contributed by atoms with Crippen LogP contribution in [0.15, 0.2) is 31.6 Å². The van der Waals surface area contributed by atoms with Gasteiger partial charge in [0.1, 0.15) is 36.9 Å². The summed E-state index contributed by atoms with van der Waals surface area (Å²) in [5.41, 5.74) is -2.21. The number of aromatic nitrogens is 4. The van der Waals surface area contributed by atoms with Crippen molar-refractivity contribution in [1.29, 1.82) is 5.26 Å². The largest absolute Gasteiger partial charge is 0.475 e. The maximum Gasteiger partial charge on any atom is 0.475 e. The second-order valence-corrected chi connectivity index (χ2v) is 11.1. The van der Waals surface area contributed by atoms with Gasteiger partial charge in [0.05, 0.1) is 32.3 Å². The van der Waals surface area contributed by atoms with Crippen LogP contribution in [0.3, 0.4) is 0 Å². The molecule has 0 aliphatic carbocycles. The Morgan fingerprint density at radius 2 is 1.37 bits per heavy atom. The van der Waals surface area contributed by atoms with Gasteiger partial charge in [-0.05, 0) is 13.8 Å². The smallest absolute Gasteiger partial charge is 0.394 e. The van der Waals surface area contributed by atoms with E-state index in [4.69, 9.17) is 28.3 Å². The minimum absolute atomic E-state index is 0.106. The van der Waals surface area contributed by atoms with Crippen LogP contribution in [0.25, 0.3) is 0 Å².